The number of alkyl halides is 4. The summed E-state index contributed by atoms with van der Waals surface area (Å²) in [5, 5.41) is 17.0. The lowest BCUT2D eigenvalue weighted by atomic mass is 9.91. The van der Waals surface area contributed by atoms with Crippen LogP contribution in [0.2, 0.25) is 0 Å². The van der Waals surface area contributed by atoms with E-state index < -0.39 is 43.2 Å². The number of amides is 1. The van der Waals surface area contributed by atoms with Crippen LogP contribution in [-0.2, 0) is 11.2 Å². The van der Waals surface area contributed by atoms with Crippen LogP contribution in [0.15, 0.2) is 85.1 Å². The zero-order valence-corrected chi connectivity index (χ0v) is 25.1. The summed E-state index contributed by atoms with van der Waals surface area (Å²) in [6.45, 7) is -2.16. The molecule has 1 atom stereocenters. The van der Waals surface area contributed by atoms with Crippen LogP contribution in [-0.4, -0.2) is 74.9 Å². The number of likely N-dealkylation sites (tertiary alicyclic amines) is 1. The summed E-state index contributed by atoms with van der Waals surface area (Å²) in [5.74, 6) is -2.13. The maximum absolute atomic E-state index is 13.3. The number of aliphatic hydroxyl groups is 1. The van der Waals surface area contributed by atoms with Crippen LogP contribution in [0.5, 0.6) is 5.75 Å². The number of nitrogens with zero attached hydrogens (tertiary/aromatic N) is 4. The number of ether oxygens (including phenoxy) is 1. The van der Waals surface area contributed by atoms with Crippen molar-refractivity contribution in [1.29, 1.82) is 0 Å². The summed E-state index contributed by atoms with van der Waals surface area (Å²) in [5.41, 5.74) is 3.40. The number of hydrogen-bond acceptors (Lipinski definition) is 7. The number of Topliss-reactive ketones (excluding diaryl/α,β-unsaturated/α-hetero) is 1. The van der Waals surface area contributed by atoms with E-state index in [0.29, 0.717) is 11.2 Å². The van der Waals surface area contributed by atoms with Gasteiger partial charge in [0.25, 0.3) is 5.91 Å². The van der Waals surface area contributed by atoms with Crippen molar-refractivity contribution in [3.63, 3.8) is 0 Å². The van der Waals surface area contributed by atoms with Gasteiger partial charge in [-0.1, -0.05) is 36.4 Å². The smallest absolute Gasteiger partial charge is 0.422 e. The maximum atomic E-state index is 13.3. The largest absolute Gasteiger partial charge is 0.482 e. The number of anilines is 2. The fourth-order valence-corrected chi connectivity index (χ4v) is 5.27. The Labute approximate surface area is 270 Å². The first-order valence-electron chi connectivity index (χ1n) is 14.8. The molecule has 9 nitrogen and oxygen atoms in total. The van der Waals surface area contributed by atoms with Crippen molar-refractivity contribution < 1.29 is 41.4 Å². The molecule has 248 valence electrons. The van der Waals surface area contributed by atoms with Gasteiger partial charge in [-0.25, -0.2) is 13.3 Å². The van der Waals surface area contributed by atoms with Gasteiger partial charge in [-0.3, -0.25) is 9.59 Å². The zero-order chi connectivity index (χ0) is 34.0. The van der Waals surface area contributed by atoms with E-state index in [4.69, 9.17) is 4.74 Å². The summed E-state index contributed by atoms with van der Waals surface area (Å²) in [6.07, 6.45) is -3.99. The van der Waals surface area contributed by atoms with E-state index in [-0.39, 0.29) is 48.2 Å². The lowest BCUT2D eigenvalue weighted by molar-refractivity contribution is -0.153. The van der Waals surface area contributed by atoms with Gasteiger partial charge in [-0.2, -0.15) is 18.2 Å². The number of aliphatic hydroxyl groups excluding tert-OH is 1. The third kappa shape index (κ3) is 7.44. The number of rotatable bonds is 11. The second-order valence-corrected chi connectivity index (χ2v) is 11.3. The van der Waals surface area contributed by atoms with Crippen LogP contribution >= 0.6 is 0 Å². The summed E-state index contributed by atoms with van der Waals surface area (Å²) < 4.78 is 72.0. The van der Waals surface area contributed by atoms with Crippen molar-refractivity contribution in [2.45, 2.75) is 24.7 Å². The van der Waals surface area contributed by atoms with Crippen molar-refractivity contribution in [2.24, 2.45) is 0 Å². The van der Waals surface area contributed by atoms with Crippen molar-refractivity contribution in [3.8, 4) is 16.9 Å². The molecular formula is C34H28F5N5O4. The minimum Gasteiger partial charge on any atom is -0.482 e. The Bertz CT molecular complexity index is 1940. The minimum absolute atomic E-state index is 0.0497. The highest BCUT2D eigenvalue weighted by atomic mass is 19.4. The highest BCUT2D eigenvalue weighted by Crippen LogP contribution is 2.32. The Morgan fingerprint density at radius 3 is 2.35 bits per heavy atom. The van der Waals surface area contributed by atoms with Crippen LogP contribution in [0.3, 0.4) is 0 Å². The van der Waals surface area contributed by atoms with Crippen LogP contribution in [0, 0.1) is 5.82 Å². The second kappa shape index (κ2) is 13.4. The van der Waals surface area contributed by atoms with Gasteiger partial charge < -0.3 is 20.1 Å². The van der Waals surface area contributed by atoms with Gasteiger partial charge in [0.1, 0.15) is 23.5 Å². The third-order valence-electron chi connectivity index (χ3n) is 7.83. The first-order valence-corrected chi connectivity index (χ1v) is 14.8. The molecule has 5 aromatic rings. The molecule has 0 radical (unpaired) electrons. The molecule has 48 heavy (non-hydrogen) atoms. The molecule has 1 aliphatic rings. The summed E-state index contributed by atoms with van der Waals surface area (Å²) in [6, 6.07) is 20.1. The van der Waals surface area contributed by atoms with Crippen LogP contribution in [0.1, 0.15) is 27.4 Å². The van der Waals surface area contributed by atoms with E-state index in [1.54, 1.807) is 30.5 Å². The molecule has 6 rings (SSSR count). The van der Waals surface area contributed by atoms with E-state index in [9.17, 15) is 36.6 Å². The number of nitrogens with one attached hydrogen (secondary N) is 1. The third-order valence-corrected chi connectivity index (χ3v) is 7.83. The molecule has 1 saturated heterocycles. The number of aromatic nitrogens is 3. The molecule has 3 aromatic carbocycles. The second-order valence-electron chi connectivity index (χ2n) is 11.3. The average Bonchev–Trinajstić information content (AvgIpc) is 3.45. The topological polar surface area (TPSA) is 109 Å². The van der Waals surface area contributed by atoms with Crippen molar-refractivity contribution >= 4 is 29.0 Å². The monoisotopic (exact) mass is 665 g/mol. The predicted molar refractivity (Wildman–Crippen MR) is 165 cm³/mol. The van der Waals surface area contributed by atoms with Gasteiger partial charge in [0, 0.05) is 23.7 Å². The van der Waals surface area contributed by atoms with Gasteiger partial charge in [-0.15, -0.1) is 5.10 Å². The van der Waals surface area contributed by atoms with Crippen molar-refractivity contribution in [2.75, 3.05) is 31.6 Å². The molecule has 1 aliphatic heterocycles. The molecule has 3 heterocycles. The number of fused-ring (bicyclic) bond motifs is 1. The quantitative estimate of drug-likeness (QED) is 0.169. The van der Waals surface area contributed by atoms with E-state index in [1.807, 2.05) is 12.1 Å². The predicted octanol–water partition coefficient (Wildman–Crippen LogP) is 5.90. The first-order chi connectivity index (χ1) is 23.0. The molecule has 0 unspecified atom stereocenters. The molecule has 0 bridgehead atoms. The van der Waals surface area contributed by atoms with Crippen LogP contribution in [0.25, 0.3) is 16.8 Å². The maximum Gasteiger partial charge on any atom is 0.422 e. The fourth-order valence-electron chi connectivity index (χ4n) is 5.27. The standard InChI is InChI=1S/C34H28F5N5O4/c35-25-9-5-22(6-10-25)27(18-45)29(46)13-20-1-3-21(4-2-20)24-8-12-31-41-33(42-44(31)15-24)40-28-11-7-23(32(47)43-16-26(36)17-43)14-30(28)48-19-34(37,38)39/h1-12,14-15,26-27,45H,13,16-19H2,(H,40,42)/t27-/m1/s1. The number of halogens is 5. The lowest BCUT2D eigenvalue weighted by Gasteiger charge is -2.34. The number of benzene rings is 3. The van der Waals surface area contributed by atoms with Gasteiger partial charge in [0.15, 0.2) is 12.3 Å². The van der Waals surface area contributed by atoms with E-state index >= 15 is 0 Å². The molecule has 2 N–H and O–H groups in total. The number of pyridine rings is 1. The van der Waals surface area contributed by atoms with Crippen LogP contribution in [0.4, 0.5) is 33.6 Å². The Morgan fingerprint density at radius 2 is 1.69 bits per heavy atom. The highest BCUT2D eigenvalue weighted by Gasteiger charge is 2.32. The molecule has 0 spiro atoms. The number of carbonyl (C=O) groups is 2. The van der Waals surface area contributed by atoms with Gasteiger partial charge >= 0.3 is 6.18 Å². The number of carbonyl (C=O) groups excluding carboxylic acids is 2. The average molecular weight is 666 g/mol. The fraction of sp³-hybridized carbons (Fsp3) is 0.235. The zero-order valence-electron chi connectivity index (χ0n) is 25.1. The van der Waals surface area contributed by atoms with Crippen molar-refractivity contribution in [3.05, 3.63) is 108 Å². The van der Waals surface area contributed by atoms with Crippen molar-refractivity contribution in [1.82, 2.24) is 19.5 Å². The number of ketones is 1. The molecule has 1 amide bonds. The molecule has 2 aromatic heterocycles. The van der Waals surface area contributed by atoms with Gasteiger partial charge in [0.05, 0.1) is 31.3 Å². The van der Waals surface area contributed by atoms with Gasteiger partial charge in [-0.05, 0) is 59.2 Å². The normalized spacial score (nSPS) is 14.1. The Morgan fingerprint density at radius 1 is 0.979 bits per heavy atom. The Hall–Kier alpha value is -5.37. The molecule has 1 fully saturated rings. The molecular weight excluding hydrogens is 637 g/mol. The van der Waals surface area contributed by atoms with Crippen LogP contribution < -0.4 is 10.1 Å². The summed E-state index contributed by atoms with van der Waals surface area (Å²) >= 11 is 0. The minimum atomic E-state index is -4.63. The summed E-state index contributed by atoms with van der Waals surface area (Å²) in [4.78, 5) is 31.2. The van der Waals surface area contributed by atoms with E-state index in [0.717, 1.165) is 16.7 Å². The lowest BCUT2D eigenvalue weighted by Crippen LogP contribution is -2.51. The van der Waals surface area contributed by atoms with E-state index in [2.05, 4.69) is 15.4 Å². The Balaban J connectivity index is 1.17. The van der Waals surface area contributed by atoms with Gasteiger partial charge in [0.2, 0.25) is 5.95 Å². The summed E-state index contributed by atoms with van der Waals surface area (Å²) in [7, 11) is 0. The Kier molecular flexibility index (Phi) is 9.09. The number of hydrogen-bond donors (Lipinski definition) is 2. The highest BCUT2D eigenvalue weighted by molar-refractivity contribution is 5.96. The van der Waals surface area contributed by atoms with E-state index in [1.165, 1.54) is 51.9 Å². The SMILES string of the molecule is O=C(Cc1ccc(-c2ccc3nc(Nc4ccc(C(=O)N5CC(F)C5)cc4OCC(F)(F)F)nn3c2)cc1)[C@H](CO)c1ccc(F)cc1. The molecule has 0 aliphatic carbocycles. The first kappa shape index (κ1) is 32.6. The molecule has 0 saturated carbocycles. The molecule has 14 heteroatoms.